The average Bonchev–Trinajstić information content (AvgIpc) is 2.84. The first-order valence-electron chi connectivity index (χ1n) is 14.1. The van der Waals surface area contributed by atoms with Crippen molar-refractivity contribution in [3.05, 3.63) is 35.9 Å². The van der Waals surface area contributed by atoms with Crippen LogP contribution in [0.25, 0.3) is 0 Å². The molecule has 4 N–H and O–H groups in total. The van der Waals surface area contributed by atoms with E-state index in [9.17, 15) is 19.2 Å². The van der Waals surface area contributed by atoms with Gasteiger partial charge in [-0.2, -0.15) is 5.10 Å². The van der Waals surface area contributed by atoms with Gasteiger partial charge in [0.15, 0.2) is 0 Å². The van der Waals surface area contributed by atoms with Crippen LogP contribution in [0.5, 0.6) is 0 Å². The standard InChI is InChI=1S/C30H49N5O5S2/c1-19(2)16-22(25(36)32-24(18-41-42-30(8,9)10)27(38)35-34-20(3)4)31-26(37)23(17-21-14-12-11-13-15-21)33-28(39)40-29(5,6)7/h11-15,19,22-24H,16-18H2,1-10H3,(H,31,37)(H,32,36)(H,33,39)(H,35,38). The number of hydrazone groups is 1. The van der Waals surface area contributed by atoms with Gasteiger partial charge in [-0.3, -0.25) is 14.4 Å². The van der Waals surface area contributed by atoms with Crippen molar-refractivity contribution in [2.45, 2.75) is 111 Å². The van der Waals surface area contributed by atoms with Crippen molar-refractivity contribution in [3.63, 3.8) is 0 Å². The molecule has 12 heteroatoms. The summed E-state index contributed by atoms with van der Waals surface area (Å²) >= 11 is 0. The van der Waals surface area contributed by atoms with Crippen molar-refractivity contribution in [1.82, 2.24) is 21.4 Å². The lowest BCUT2D eigenvalue weighted by Crippen LogP contribution is -2.57. The fraction of sp³-hybridized carbons (Fsp3) is 0.633. The highest BCUT2D eigenvalue weighted by atomic mass is 33.1. The number of carbonyl (C=O) groups is 4. The summed E-state index contributed by atoms with van der Waals surface area (Å²) in [7, 11) is 3.08. The molecule has 0 radical (unpaired) electrons. The average molecular weight is 624 g/mol. The Kier molecular flexibility index (Phi) is 15.5. The minimum atomic E-state index is -0.996. The van der Waals surface area contributed by atoms with Crippen molar-refractivity contribution in [2.75, 3.05) is 5.75 Å². The number of amides is 4. The van der Waals surface area contributed by atoms with Crippen LogP contribution in [-0.2, 0) is 25.5 Å². The van der Waals surface area contributed by atoms with E-state index in [0.717, 1.165) is 5.56 Å². The highest BCUT2D eigenvalue weighted by Crippen LogP contribution is 2.35. The summed E-state index contributed by atoms with van der Waals surface area (Å²) in [5, 5.41) is 12.3. The molecule has 3 unspecified atom stereocenters. The van der Waals surface area contributed by atoms with Gasteiger partial charge in [0, 0.05) is 22.6 Å². The molecular formula is C30H49N5O5S2. The van der Waals surface area contributed by atoms with Crippen LogP contribution < -0.4 is 21.4 Å². The zero-order valence-corrected chi connectivity index (χ0v) is 28.3. The maximum absolute atomic E-state index is 13.6. The molecule has 1 aromatic carbocycles. The van der Waals surface area contributed by atoms with E-state index >= 15 is 0 Å². The molecule has 0 aliphatic heterocycles. The Morgan fingerprint density at radius 1 is 0.833 bits per heavy atom. The van der Waals surface area contributed by atoms with Gasteiger partial charge in [-0.15, -0.1) is 0 Å². The first kappa shape index (κ1) is 37.3. The quantitative estimate of drug-likeness (QED) is 0.132. The summed E-state index contributed by atoms with van der Waals surface area (Å²) in [6.07, 6.45) is -0.213. The molecule has 236 valence electrons. The fourth-order valence-electron chi connectivity index (χ4n) is 3.46. The van der Waals surface area contributed by atoms with E-state index in [1.807, 2.05) is 44.2 Å². The van der Waals surface area contributed by atoms with Gasteiger partial charge in [0.1, 0.15) is 23.7 Å². The number of hydrogen-bond acceptors (Lipinski definition) is 8. The number of nitrogens with one attached hydrogen (secondary N) is 4. The normalized spacial score (nSPS) is 13.8. The van der Waals surface area contributed by atoms with E-state index in [-0.39, 0.29) is 17.1 Å². The van der Waals surface area contributed by atoms with Crippen LogP contribution in [0.4, 0.5) is 4.79 Å². The van der Waals surface area contributed by atoms with Crippen LogP contribution in [0, 0.1) is 5.92 Å². The van der Waals surface area contributed by atoms with Crippen molar-refractivity contribution >= 4 is 51.1 Å². The molecule has 42 heavy (non-hydrogen) atoms. The number of hydrogen-bond donors (Lipinski definition) is 4. The second-order valence-corrected chi connectivity index (χ2v) is 15.8. The number of ether oxygens (including phenoxy) is 1. The third-order valence-corrected chi connectivity index (χ3v) is 8.55. The van der Waals surface area contributed by atoms with Crippen LogP contribution in [-0.4, -0.2) is 63.8 Å². The zero-order valence-electron chi connectivity index (χ0n) is 26.6. The Balaban J connectivity index is 3.17. The van der Waals surface area contributed by atoms with Crippen molar-refractivity contribution < 1.29 is 23.9 Å². The van der Waals surface area contributed by atoms with Gasteiger partial charge in [-0.05, 0) is 52.5 Å². The minimum Gasteiger partial charge on any atom is -0.444 e. The lowest BCUT2D eigenvalue weighted by Gasteiger charge is -2.27. The first-order valence-corrected chi connectivity index (χ1v) is 16.4. The molecular weight excluding hydrogens is 574 g/mol. The van der Waals surface area contributed by atoms with Crippen LogP contribution in [0.15, 0.2) is 35.4 Å². The molecule has 0 spiro atoms. The van der Waals surface area contributed by atoms with Crippen molar-refractivity contribution in [3.8, 4) is 0 Å². The highest BCUT2D eigenvalue weighted by Gasteiger charge is 2.31. The van der Waals surface area contributed by atoms with Crippen LogP contribution >= 0.6 is 21.6 Å². The van der Waals surface area contributed by atoms with E-state index in [0.29, 0.717) is 17.9 Å². The second-order valence-electron chi connectivity index (χ2n) is 12.7. The van der Waals surface area contributed by atoms with Gasteiger partial charge in [0.2, 0.25) is 11.8 Å². The third kappa shape index (κ3) is 16.6. The van der Waals surface area contributed by atoms with Crippen molar-refractivity contribution in [2.24, 2.45) is 11.0 Å². The summed E-state index contributed by atoms with van der Waals surface area (Å²) in [6.45, 7) is 18.8. The van der Waals surface area contributed by atoms with Gasteiger partial charge in [-0.25, -0.2) is 10.2 Å². The predicted octanol–water partition coefficient (Wildman–Crippen LogP) is 4.83. The van der Waals surface area contributed by atoms with Gasteiger partial charge in [0.25, 0.3) is 5.91 Å². The minimum absolute atomic E-state index is 0.0447. The Bertz CT molecular complexity index is 1060. The largest absolute Gasteiger partial charge is 0.444 e. The molecule has 0 heterocycles. The molecule has 3 atom stereocenters. The lowest BCUT2D eigenvalue weighted by molar-refractivity contribution is -0.132. The first-order chi connectivity index (χ1) is 19.4. The highest BCUT2D eigenvalue weighted by molar-refractivity contribution is 8.77. The molecule has 0 aliphatic rings. The Morgan fingerprint density at radius 2 is 1.40 bits per heavy atom. The Hall–Kier alpha value is -2.73. The van der Waals surface area contributed by atoms with Gasteiger partial charge < -0.3 is 20.7 Å². The molecule has 0 aliphatic carbocycles. The van der Waals surface area contributed by atoms with Gasteiger partial charge in [0.05, 0.1) is 0 Å². The molecule has 4 amide bonds. The molecule has 10 nitrogen and oxygen atoms in total. The number of nitrogens with zero attached hydrogens (tertiary/aromatic N) is 1. The molecule has 0 saturated heterocycles. The molecule has 1 aromatic rings. The maximum Gasteiger partial charge on any atom is 0.408 e. The summed E-state index contributed by atoms with van der Waals surface area (Å²) in [6, 6.07) is 6.44. The van der Waals surface area contributed by atoms with Gasteiger partial charge in [-0.1, -0.05) is 86.5 Å². The van der Waals surface area contributed by atoms with E-state index in [1.54, 1.807) is 45.4 Å². The van der Waals surface area contributed by atoms with Crippen LogP contribution in [0.3, 0.4) is 0 Å². The van der Waals surface area contributed by atoms with Gasteiger partial charge >= 0.3 is 6.09 Å². The molecule has 0 aromatic heterocycles. The van der Waals surface area contributed by atoms with Crippen molar-refractivity contribution in [1.29, 1.82) is 0 Å². The fourth-order valence-corrected chi connectivity index (χ4v) is 5.93. The Morgan fingerprint density at radius 3 is 1.93 bits per heavy atom. The number of rotatable bonds is 14. The number of benzene rings is 1. The summed E-state index contributed by atoms with van der Waals surface area (Å²) < 4.78 is 5.34. The smallest absolute Gasteiger partial charge is 0.408 e. The number of carbonyl (C=O) groups excluding carboxylic acids is 4. The Labute approximate surface area is 259 Å². The monoisotopic (exact) mass is 623 g/mol. The molecule has 0 fully saturated rings. The van der Waals surface area contributed by atoms with E-state index < -0.39 is 47.5 Å². The zero-order chi connectivity index (χ0) is 32.1. The SMILES string of the molecule is CC(C)=NNC(=O)C(CSSC(C)(C)C)NC(=O)C(CC(C)C)NC(=O)C(Cc1ccccc1)NC(=O)OC(C)(C)C. The van der Waals surface area contributed by atoms with E-state index in [2.05, 4.69) is 47.2 Å². The second kappa shape index (κ2) is 17.4. The maximum atomic E-state index is 13.6. The molecule has 0 saturated carbocycles. The topological polar surface area (TPSA) is 138 Å². The van der Waals surface area contributed by atoms with E-state index in [1.165, 1.54) is 10.8 Å². The summed E-state index contributed by atoms with van der Waals surface area (Å²) in [5.74, 6) is -1.12. The lowest BCUT2D eigenvalue weighted by atomic mass is 10.0. The van der Waals surface area contributed by atoms with Crippen LogP contribution in [0.1, 0.15) is 81.2 Å². The van der Waals surface area contributed by atoms with E-state index in [4.69, 9.17) is 4.74 Å². The molecule has 0 bridgehead atoms. The summed E-state index contributed by atoms with van der Waals surface area (Å²) in [4.78, 5) is 52.7. The van der Waals surface area contributed by atoms with Crippen LogP contribution in [0.2, 0.25) is 0 Å². The number of alkyl carbamates (subject to hydrolysis) is 1. The summed E-state index contributed by atoms with van der Waals surface area (Å²) in [5.41, 5.74) is 3.24. The predicted molar refractivity (Wildman–Crippen MR) is 173 cm³/mol. The third-order valence-electron chi connectivity index (χ3n) is 5.20. The molecule has 1 rings (SSSR count).